The zero-order valence-electron chi connectivity index (χ0n) is 10.4. The molecule has 0 N–H and O–H groups in total. The molecule has 0 unspecified atom stereocenters. The summed E-state index contributed by atoms with van der Waals surface area (Å²) < 4.78 is 1.75. The molecule has 0 spiro atoms. The molecule has 0 saturated carbocycles. The number of rotatable bonds is 3. The molecule has 2 aromatic rings. The van der Waals surface area contributed by atoms with Crippen molar-refractivity contribution < 1.29 is 4.92 Å². The Bertz CT molecular complexity index is 612. The van der Waals surface area contributed by atoms with Crippen LogP contribution in [0, 0.1) is 10.1 Å². The first-order chi connectivity index (χ1) is 8.52. The minimum atomic E-state index is -0.352. The van der Waals surface area contributed by atoms with E-state index in [1.165, 1.54) is 6.20 Å². The molecule has 0 atom stereocenters. The second-order valence-corrected chi connectivity index (χ2v) is 4.25. The molecule has 0 radical (unpaired) electrons. The van der Waals surface area contributed by atoms with Gasteiger partial charge in [0.25, 0.3) is 5.69 Å². The fraction of sp³-hybridized carbons (Fsp3) is 0.143. The van der Waals surface area contributed by atoms with Crippen molar-refractivity contribution in [1.29, 1.82) is 0 Å². The number of allylic oxidation sites excluding steroid dienone is 1. The Morgan fingerprint density at radius 1 is 1.33 bits per heavy atom. The van der Waals surface area contributed by atoms with Crippen LogP contribution in [-0.2, 0) is 7.05 Å². The normalized spacial score (nSPS) is 10.3. The third-order valence-corrected chi connectivity index (χ3v) is 2.82. The lowest BCUT2D eigenvalue weighted by Crippen LogP contribution is -1.93. The summed E-state index contributed by atoms with van der Waals surface area (Å²) in [5.74, 6) is 0. The van der Waals surface area contributed by atoms with Gasteiger partial charge in [-0.05, 0) is 18.1 Å². The molecule has 1 heterocycles. The third kappa shape index (κ3) is 1.93. The highest BCUT2D eigenvalue weighted by Gasteiger charge is 2.24. The minimum absolute atomic E-state index is 0.113. The van der Waals surface area contributed by atoms with Crippen LogP contribution in [0.4, 0.5) is 5.69 Å². The Kier molecular flexibility index (Phi) is 3.02. The number of aromatic nitrogens is 1. The topological polar surface area (TPSA) is 48.1 Å². The first-order valence-electron chi connectivity index (χ1n) is 5.57. The van der Waals surface area contributed by atoms with E-state index in [9.17, 15) is 10.1 Å². The number of nitrogens with zero attached hydrogens (tertiary/aromatic N) is 2. The zero-order chi connectivity index (χ0) is 13.3. The van der Waals surface area contributed by atoms with Gasteiger partial charge >= 0.3 is 0 Å². The molecule has 18 heavy (non-hydrogen) atoms. The molecule has 4 nitrogen and oxygen atoms in total. The molecule has 0 aliphatic carbocycles. The van der Waals surface area contributed by atoms with Gasteiger partial charge in [-0.1, -0.05) is 36.9 Å². The summed E-state index contributed by atoms with van der Waals surface area (Å²) in [6.45, 7) is 5.75. The van der Waals surface area contributed by atoms with Crippen LogP contribution in [0.25, 0.3) is 16.7 Å². The highest BCUT2D eigenvalue weighted by atomic mass is 16.6. The highest BCUT2D eigenvalue weighted by Crippen LogP contribution is 2.37. The summed E-state index contributed by atoms with van der Waals surface area (Å²) in [6.07, 6.45) is 1.53. The van der Waals surface area contributed by atoms with E-state index < -0.39 is 0 Å². The van der Waals surface area contributed by atoms with Gasteiger partial charge in [0, 0.05) is 7.05 Å². The number of benzene rings is 1. The maximum absolute atomic E-state index is 11.1. The molecule has 0 amide bonds. The number of hydrogen-bond donors (Lipinski definition) is 0. The van der Waals surface area contributed by atoms with E-state index in [0.29, 0.717) is 5.56 Å². The van der Waals surface area contributed by atoms with Crippen molar-refractivity contribution in [3.05, 3.63) is 58.9 Å². The van der Waals surface area contributed by atoms with E-state index in [2.05, 4.69) is 6.58 Å². The van der Waals surface area contributed by atoms with Crippen LogP contribution in [0.5, 0.6) is 0 Å². The summed E-state index contributed by atoms with van der Waals surface area (Å²) in [6, 6.07) is 9.37. The van der Waals surface area contributed by atoms with E-state index in [1.54, 1.807) is 11.6 Å². The fourth-order valence-corrected chi connectivity index (χ4v) is 2.15. The summed E-state index contributed by atoms with van der Waals surface area (Å²) >= 11 is 0. The van der Waals surface area contributed by atoms with Gasteiger partial charge in [-0.3, -0.25) is 10.1 Å². The fourth-order valence-electron chi connectivity index (χ4n) is 2.15. The van der Waals surface area contributed by atoms with E-state index in [1.807, 2.05) is 37.3 Å². The van der Waals surface area contributed by atoms with Crippen LogP contribution < -0.4 is 0 Å². The van der Waals surface area contributed by atoms with Crippen LogP contribution in [0.15, 0.2) is 43.1 Å². The Morgan fingerprint density at radius 3 is 2.44 bits per heavy atom. The second-order valence-electron chi connectivity index (χ2n) is 4.25. The van der Waals surface area contributed by atoms with Crippen LogP contribution >= 0.6 is 0 Å². The molecule has 0 aliphatic rings. The predicted molar refractivity (Wildman–Crippen MR) is 72.2 cm³/mol. The van der Waals surface area contributed by atoms with Gasteiger partial charge in [-0.25, -0.2) is 0 Å². The van der Waals surface area contributed by atoms with Crippen molar-refractivity contribution in [1.82, 2.24) is 4.57 Å². The summed E-state index contributed by atoms with van der Waals surface area (Å²) in [4.78, 5) is 10.8. The Morgan fingerprint density at radius 2 is 1.94 bits per heavy atom. The summed E-state index contributed by atoms with van der Waals surface area (Å²) in [7, 11) is 1.80. The van der Waals surface area contributed by atoms with Crippen molar-refractivity contribution >= 4 is 11.3 Å². The van der Waals surface area contributed by atoms with Gasteiger partial charge < -0.3 is 4.57 Å². The van der Waals surface area contributed by atoms with Gasteiger partial charge in [0.05, 0.1) is 22.4 Å². The SMILES string of the molecule is C=C(C)c1c(-c2ccccc2)c([N+](=O)[O-])cn1C. The van der Waals surface area contributed by atoms with Crippen LogP contribution in [0.1, 0.15) is 12.6 Å². The predicted octanol–water partition coefficient (Wildman–Crippen LogP) is 3.63. The van der Waals surface area contributed by atoms with Crippen LogP contribution in [0.3, 0.4) is 0 Å². The van der Waals surface area contributed by atoms with E-state index in [0.717, 1.165) is 16.8 Å². The van der Waals surface area contributed by atoms with Crippen LogP contribution in [-0.4, -0.2) is 9.49 Å². The van der Waals surface area contributed by atoms with Gasteiger partial charge in [0.1, 0.15) is 0 Å². The Labute approximate surface area is 105 Å². The first kappa shape index (κ1) is 12.1. The summed E-state index contributed by atoms with van der Waals surface area (Å²) in [5, 5.41) is 11.1. The Hall–Kier alpha value is -2.36. The molecular weight excluding hydrogens is 228 g/mol. The number of aryl methyl sites for hydroxylation is 1. The number of nitro groups is 1. The van der Waals surface area contributed by atoms with Crippen molar-refractivity contribution in [3.8, 4) is 11.1 Å². The molecular formula is C14H14N2O2. The average Bonchev–Trinajstić information content (AvgIpc) is 2.68. The molecule has 1 aromatic heterocycles. The molecule has 0 aliphatic heterocycles. The monoisotopic (exact) mass is 242 g/mol. The van der Waals surface area contributed by atoms with E-state index in [-0.39, 0.29) is 10.6 Å². The van der Waals surface area contributed by atoms with Crippen molar-refractivity contribution in [2.45, 2.75) is 6.92 Å². The van der Waals surface area contributed by atoms with Crippen molar-refractivity contribution in [2.75, 3.05) is 0 Å². The van der Waals surface area contributed by atoms with Gasteiger partial charge in [-0.2, -0.15) is 0 Å². The van der Waals surface area contributed by atoms with Crippen molar-refractivity contribution in [3.63, 3.8) is 0 Å². The molecule has 2 rings (SSSR count). The van der Waals surface area contributed by atoms with Gasteiger partial charge in [0.15, 0.2) is 0 Å². The summed E-state index contributed by atoms with van der Waals surface area (Å²) in [5.41, 5.74) is 3.19. The zero-order valence-corrected chi connectivity index (χ0v) is 10.4. The maximum atomic E-state index is 11.1. The van der Waals surface area contributed by atoms with E-state index in [4.69, 9.17) is 0 Å². The van der Waals surface area contributed by atoms with E-state index >= 15 is 0 Å². The van der Waals surface area contributed by atoms with Crippen LogP contribution in [0.2, 0.25) is 0 Å². The van der Waals surface area contributed by atoms with Crippen molar-refractivity contribution in [2.24, 2.45) is 7.05 Å². The minimum Gasteiger partial charge on any atom is -0.344 e. The molecule has 0 fully saturated rings. The molecule has 1 aromatic carbocycles. The largest absolute Gasteiger partial charge is 0.344 e. The first-order valence-corrected chi connectivity index (χ1v) is 5.57. The molecule has 0 bridgehead atoms. The lowest BCUT2D eigenvalue weighted by molar-refractivity contribution is -0.384. The molecule has 92 valence electrons. The molecule has 0 saturated heterocycles. The third-order valence-electron chi connectivity index (χ3n) is 2.82. The Balaban J connectivity index is 2.78. The lowest BCUT2D eigenvalue weighted by atomic mass is 10.0. The maximum Gasteiger partial charge on any atom is 0.295 e. The quantitative estimate of drug-likeness (QED) is 0.609. The molecule has 4 heteroatoms. The smallest absolute Gasteiger partial charge is 0.295 e. The number of hydrogen-bond acceptors (Lipinski definition) is 2. The average molecular weight is 242 g/mol. The standard InChI is InChI=1S/C14H14N2O2/c1-10(2)14-13(11-7-5-4-6-8-11)12(16(17)18)9-15(14)3/h4-9H,1H2,2-3H3. The highest BCUT2D eigenvalue weighted by molar-refractivity contribution is 5.85. The van der Waals surface area contributed by atoms with Gasteiger partial charge in [-0.15, -0.1) is 0 Å². The lowest BCUT2D eigenvalue weighted by Gasteiger charge is -2.06. The second kappa shape index (κ2) is 4.49. The van der Waals surface area contributed by atoms with Gasteiger partial charge in [0.2, 0.25) is 0 Å².